The van der Waals surface area contributed by atoms with Crippen molar-refractivity contribution in [2.24, 2.45) is 0 Å². The van der Waals surface area contributed by atoms with Crippen molar-refractivity contribution in [3.63, 3.8) is 0 Å². The first kappa shape index (κ1) is 7.58. The van der Waals surface area contributed by atoms with Crippen LogP contribution in [0.2, 0.25) is 0 Å². The highest BCUT2D eigenvalue weighted by atomic mass is 16.2. The van der Waals surface area contributed by atoms with Gasteiger partial charge in [-0.05, 0) is 12.8 Å². The van der Waals surface area contributed by atoms with E-state index in [0.717, 1.165) is 19.4 Å². The zero-order valence-corrected chi connectivity index (χ0v) is 6.88. The molecule has 12 heavy (non-hydrogen) atoms. The number of carbonyl (C=O) groups excluding carboxylic acids is 2. The molecule has 0 aliphatic carbocycles. The molecular weight excluding hydrogens is 156 g/mol. The molecule has 2 aliphatic heterocycles. The highest BCUT2D eigenvalue weighted by molar-refractivity contribution is 5.82. The fraction of sp³-hybridized carbons (Fsp3) is 0.750. The topological polar surface area (TPSA) is 49.4 Å². The number of hydrogen-bond acceptors (Lipinski definition) is 2. The monoisotopic (exact) mass is 168 g/mol. The van der Waals surface area contributed by atoms with Crippen molar-refractivity contribution < 1.29 is 9.59 Å². The van der Waals surface area contributed by atoms with E-state index in [2.05, 4.69) is 5.32 Å². The van der Waals surface area contributed by atoms with E-state index in [0.29, 0.717) is 12.8 Å². The minimum atomic E-state index is -0.00694. The van der Waals surface area contributed by atoms with E-state index < -0.39 is 0 Å². The molecule has 66 valence electrons. The molecule has 2 saturated heterocycles. The van der Waals surface area contributed by atoms with Gasteiger partial charge in [0.1, 0.15) is 6.17 Å². The first-order valence-electron chi connectivity index (χ1n) is 4.36. The van der Waals surface area contributed by atoms with E-state index in [1.54, 1.807) is 4.90 Å². The summed E-state index contributed by atoms with van der Waals surface area (Å²) >= 11 is 0. The van der Waals surface area contributed by atoms with Crippen LogP contribution in [0.4, 0.5) is 0 Å². The number of nitrogens with one attached hydrogen (secondary N) is 1. The third-order valence-corrected chi connectivity index (χ3v) is 2.46. The third kappa shape index (κ3) is 1.17. The SMILES string of the molecule is O=C1CCC(N2CCCC2=O)N1. The second-order valence-electron chi connectivity index (χ2n) is 3.31. The van der Waals surface area contributed by atoms with E-state index in [1.165, 1.54) is 0 Å². The molecule has 0 aromatic carbocycles. The molecule has 0 spiro atoms. The number of likely N-dealkylation sites (tertiary alicyclic amines) is 1. The van der Waals surface area contributed by atoms with Crippen molar-refractivity contribution in [2.45, 2.75) is 31.8 Å². The smallest absolute Gasteiger partial charge is 0.224 e. The van der Waals surface area contributed by atoms with Crippen molar-refractivity contribution >= 4 is 11.8 Å². The zero-order chi connectivity index (χ0) is 8.55. The van der Waals surface area contributed by atoms with E-state index >= 15 is 0 Å². The molecule has 1 atom stereocenters. The van der Waals surface area contributed by atoms with Crippen molar-refractivity contribution in [1.29, 1.82) is 0 Å². The second kappa shape index (κ2) is 2.77. The molecule has 0 saturated carbocycles. The van der Waals surface area contributed by atoms with Gasteiger partial charge in [0, 0.05) is 19.4 Å². The first-order chi connectivity index (χ1) is 5.77. The summed E-state index contributed by atoms with van der Waals surface area (Å²) in [6.45, 7) is 0.809. The van der Waals surface area contributed by atoms with Gasteiger partial charge in [0.15, 0.2) is 0 Å². The van der Waals surface area contributed by atoms with E-state index in [1.807, 2.05) is 0 Å². The largest absolute Gasteiger partial charge is 0.336 e. The van der Waals surface area contributed by atoms with Crippen LogP contribution in [-0.2, 0) is 9.59 Å². The molecule has 2 amide bonds. The van der Waals surface area contributed by atoms with Gasteiger partial charge < -0.3 is 10.2 Å². The highest BCUT2D eigenvalue weighted by Crippen LogP contribution is 2.18. The Morgan fingerprint density at radius 1 is 1.33 bits per heavy atom. The summed E-state index contributed by atoms with van der Waals surface area (Å²) in [5.41, 5.74) is 0. The number of nitrogens with zero attached hydrogens (tertiary/aromatic N) is 1. The Morgan fingerprint density at radius 3 is 2.67 bits per heavy atom. The third-order valence-electron chi connectivity index (χ3n) is 2.46. The molecule has 2 aliphatic rings. The van der Waals surface area contributed by atoms with Gasteiger partial charge in [-0.1, -0.05) is 0 Å². The van der Waals surface area contributed by atoms with Crippen molar-refractivity contribution in [1.82, 2.24) is 10.2 Å². The van der Waals surface area contributed by atoms with E-state index in [-0.39, 0.29) is 18.0 Å². The Morgan fingerprint density at radius 2 is 2.17 bits per heavy atom. The van der Waals surface area contributed by atoms with Crippen LogP contribution in [0.5, 0.6) is 0 Å². The molecule has 2 fully saturated rings. The summed E-state index contributed by atoms with van der Waals surface area (Å²) in [5.74, 6) is 0.252. The lowest BCUT2D eigenvalue weighted by Crippen LogP contribution is -2.43. The zero-order valence-electron chi connectivity index (χ0n) is 6.88. The Labute approximate surface area is 70.9 Å². The highest BCUT2D eigenvalue weighted by Gasteiger charge is 2.32. The van der Waals surface area contributed by atoms with E-state index in [9.17, 15) is 9.59 Å². The first-order valence-corrected chi connectivity index (χ1v) is 4.36. The quantitative estimate of drug-likeness (QED) is 0.591. The number of hydrogen-bond donors (Lipinski definition) is 1. The Bertz CT molecular complexity index is 227. The predicted molar refractivity (Wildman–Crippen MR) is 42.1 cm³/mol. The fourth-order valence-electron chi connectivity index (χ4n) is 1.83. The van der Waals surface area contributed by atoms with E-state index in [4.69, 9.17) is 0 Å². The van der Waals surface area contributed by atoms with Crippen LogP contribution in [-0.4, -0.2) is 29.4 Å². The summed E-state index contributed by atoms with van der Waals surface area (Å²) in [5, 5.41) is 2.79. The summed E-state index contributed by atoms with van der Waals surface area (Å²) in [6.07, 6.45) is 2.92. The van der Waals surface area contributed by atoms with Gasteiger partial charge in [-0.15, -0.1) is 0 Å². The lowest BCUT2D eigenvalue weighted by molar-refractivity contribution is -0.130. The Kier molecular flexibility index (Phi) is 1.75. The number of rotatable bonds is 1. The second-order valence-corrected chi connectivity index (χ2v) is 3.31. The molecule has 0 bridgehead atoms. The lowest BCUT2D eigenvalue weighted by atomic mass is 10.3. The van der Waals surface area contributed by atoms with Crippen LogP contribution in [0.1, 0.15) is 25.7 Å². The molecule has 1 N–H and O–H groups in total. The van der Waals surface area contributed by atoms with Crippen molar-refractivity contribution in [3.8, 4) is 0 Å². The Hall–Kier alpha value is -1.06. The van der Waals surface area contributed by atoms with Crippen LogP contribution >= 0.6 is 0 Å². The molecule has 0 aromatic rings. The van der Waals surface area contributed by atoms with Gasteiger partial charge in [-0.2, -0.15) is 0 Å². The van der Waals surface area contributed by atoms with Gasteiger partial charge in [0.2, 0.25) is 11.8 Å². The average Bonchev–Trinajstić information content (AvgIpc) is 2.58. The van der Waals surface area contributed by atoms with Crippen molar-refractivity contribution in [2.75, 3.05) is 6.54 Å². The number of carbonyl (C=O) groups is 2. The van der Waals surface area contributed by atoms with Gasteiger partial charge in [0.25, 0.3) is 0 Å². The van der Waals surface area contributed by atoms with Gasteiger partial charge in [-0.3, -0.25) is 9.59 Å². The van der Waals surface area contributed by atoms with Crippen LogP contribution in [0, 0.1) is 0 Å². The maximum atomic E-state index is 11.2. The molecule has 0 radical (unpaired) electrons. The maximum Gasteiger partial charge on any atom is 0.224 e. The molecule has 0 aromatic heterocycles. The molecule has 2 rings (SSSR count). The lowest BCUT2D eigenvalue weighted by Gasteiger charge is -2.22. The van der Waals surface area contributed by atoms with Gasteiger partial charge >= 0.3 is 0 Å². The summed E-state index contributed by atoms with van der Waals surface area (Å²) < 4.78 is 0. The van der Waals surface area contributed by atoms with Gasteiger partial charge in [-0.25, -0.2) is 0 Å². The standard InChI is InChI=1S/C8H12N2O2/c11-7-4-3-6(9-7)10-5-1-2-8(10)12/h6H,1-5H2,(H,9,11). The average molecular weight is 168 g/mol. The van der Waals surface area contributed by atoms with Crippen LogP contribution < -0.4 is 5.32 Å². The van der Waals surface area contributed by atoms with Crippen LogP contribution in [0.3, 0.4) is 0 Å². The molecule has 4 nitrogen and oxygen atoms in total. The Balaban J connectivity index is 2.00. The minimum absolute atomic E-state index is 0.00694. The summed E-state index contributed by atoms with van der Waals surface area (Å²) in [4.78, 5) is 23.9. The molecule has 1 unspecified atom stereocenters. The van der Waals surface area contributed by atoms with Crippen LogP contribution in [0.25, 0.3) is 0 Å². The minimum Gasteiger partial charge on any atom is -0.336 e. The summed E-state index contributed by atoms with van der Waals surface area (Å²) in [6, 6.07) is 0. The predicted octanol–water partition coefficient (Wildman–Crippen LogP) is -0.155. The molecule has 4 heteroatoms. The maximum absolute atomic E-state index is 11.2. The fourth-order valence-corrected chi connectivity index (χ4v) is 1.83. The summed E-state index contributed by atoms with van der Waals surface area (Å²) in [7, 11) is 0. The number of amides is 2. The van der Waals surface area contributed by atoms with Crippen LogP contribution in [0.15, 0.2) is 0 Å². The molecule has 2 heterocycles. The van der Waals surface area contributed by atoms with Gasteiger partial charge in [0.05, 0.1) is 0 Å². The molecular formula is C8H12N2O2. The van der Waals surface area contributed by atoms with Crippen molar-refractivity contribution in [3.05, 3.63) is 0 Å². The normalized spacial score (nSPS) is 29.7.